The van der Waals surface area contributed by atoms with E-state index in [1.165, 1.54) is 0 Å². The Morgan fingerprint density at radius 1 is 1.22 bits per heavy atom. The highest BCUT2D eigenvalue weighted by Gasteiger charge is 2.43. The van der Waals surface area contributed by atoms with Crippen LogP contribution in [-0.4, -0.2) is 38.9 Å². The number of nitrogens with zero attached hydrogens (tertiary/aromatic N) is 3. The van der Waals surface area contributed by atoms with Crippen molar-refractivity contribution in [1.29, 1.82) is 0 Å². The zero-order valence-corrected chi connectivity index (χ0v) is 19.8. The standard InChI is InChI=1S/C24H23ClF5N5O/c25-14-4-5-19-18(8-14)20(17-6-7-23(26,27)21(17)34-19)32-15-2-1-3-16(9-15)33-22(36)13-10-31-35(11-13)12-24(28,29)30/h4-5,8,10-11,15-16H,1-3,6-7,9,12H2,(H,32,34)(H,33,36)/t15-,16+/m0/s1. The monoisotopic (exact) mass is 527 g/mol. The second-order valence-corrected chi connectivity index (χ2v) is 9.84. The van der Waals surface area contributed by atoms with Gasteiger partial charge in [0.1, 0.15) is 12.2 Å². The summed E-state index contributed by atoms with van der Waals surface area (Å²) in [6, 6.07) is 4.61. The molecule has 2 aliphatic rings. The number of fused-ring (bicyclic) bond motifs is 2. The lowest BCUT2D eigenvalue weighted by Crippen LogP contribution is -2.41. The lowest BCUT2D eigenvalue weighted by Gasteiger charge is -2.32. The molecular weight excluding hydrogens is 505 g/mol. The first-order valence-corrected chi connectivity index (χ1v) is 12.0. The lowest BCUT2D eigenvalue weighted by molar-refractivity contribution is -0.142. The molecule has 1 aromatic carbocycles. The molecule has 2 aliphatic carbocycles. The first-order valence-electron chi connectivity index (χ1n) is 11.7. The zero-order chi connectivity index (χ0) is 25.7. The fraction of sp³-hybridized carbons (Fsp3) is 0.458. The number of nitrogens with one attached hydrogen (secondary N) is 2. The SMILES string of the molecule is O=C(N[C@@H]1CCC[C@H](Nc2c3c(nc4ccc(Cl)cc24)C(F)(F)CC3)C1)c1cnn(CC(F)(F)F)c1. The topological polar surface area (TPSA) is 71.8 Å². The summed E-state index contributed by atoms with van der Waals surface area (Å²) < 4.78 is 67.4. The Morgan fingerprint density at radius 2 is 2.00 bits per heavy atom. The molecule has 2 aromatic heterocycles. The minimum Gasteiger partial charge on any atom is -0.381 e. The van der Waals surface area contributed by atoms with Crippen molar-refractivity contribution in [2.45, 2.75) is 69.3 Å². The summed E-state index contributed by atoms with van der Waals surface area (Å²) in [5.74, 6) is -3.50. The van der Waals surface area contributed by atoms with Crippen LogP contribution in [0.5, 0.6) is 0 Å². The van der Waals surface area contributed by atoms with Crippen molar-refractivity contribution in [3.05, 3.63) is 52.4 Å². The van der Waals surface area contributed by atoms with Crippen LogP contribution in [0.15, 0.2) is 30.6 Å². The van der Waals surface area contributed by atoms with Gasteiger partial charge in [-0.3, -0.25) is 9.48 Å². The Kier molecular flexibility index (Phi) is 6.30. The van der Waals surface area contributed by atoms with E-state index in [0.717, 1.165) is 25.2 Å². The normalized spacial score (nSPS) is 21.4. The molecule has 0 radical (unpaired) electrons. The van der Waals surface area contributed by atoms with Gasteiger partial charge in [0.2, 0.25) is 0 Å². The van der Waals surface area contributed by atoms with E-state index in [1.807, 2.05) is 0 Å². The summed E-state index contributed by atoms with van der Waals surface area (Å²) in [5.41, 5.74) is 1.34. The van der Waals surface area contributed by atoms with E-state index < -0.39 is 24.6 Å². The molecule has 12 heteroatoms. The fourth-order valence-corrected chi connectivity index (χ4v) is 5.23. The van der Waals surface area contributed by atoms with Crippen molar-refractivity contribution in [2.24, 2.45) is 0 Å². The summed E-state index contributed by atoms with van der Waals surface area (Å²) in [6.07, 6.45) is 0.386. The minimum atomic E-state index is -4.44. The van der Waals surface area contributed by atoms with Crippen molar-refractivity contribution in [3.63, 3.8) is 0 Å². The van der Waals surface area contributed by atoms with Gasteiger partial charge in [0.15, 0.2) is 0 Å². The second kappa shape index (κ2) is 9.17. The Hall–Kier alpha value is -2.95. The van der Waals surface area contributed by atoms with E-state index in [2.05, 4.69) is 20.7 Å². The average Bonchev–Trinajstić information content (AvgIpc) is 3.37. The van der Waals surface area contributed by atoms with Crippen LogP contribution in [0.25, 0.3) is 10.9 Å². The number of carbonyl (C=O) groups excluding carboxylic acids is 1. The van der Waals surface area contributed by atoms with Crippen molar-refractivity contribution >= 4 is 34.1 Å². The Balaban J connectivity index is 1.33. The number of carbonyl (C=O) groups is 1. The molecule has 1 saturated carbocycles. The van der Waals surface area contributed by atoms with Crippen LogP contribution in [0.2, 0.25) is 5.02 Å². The number of aromatic nitrogens is 3. The van der Waals surface area contributed by atoms with Crippen LogP contribution >= 0.6 is 11.6 Å². The van der Waals surface area contributed by atoms with Gasteiger partial charge in [0.05, 0.1) is 17.3 Å². The largest absolute Gasteiger partial charge is 0.408 e. The van der Waals surface area contributed by atoms with Crippen LogP contribution in [0.3, 0.4) is 0 Å². The van der Waals surface area contributed by atoms with E-state index >= 15 is 0 Å². The minimum absolute atomic E-state index is 0.0455. The molecule has 6 nitrogen and oxygen atoms in total. The third kappa shape index (κ3) is 5.11. The maximum Gasteiger partial charge on any atom is 0.408 e. The number of hydrogen-bond acceptors (Lipinski definition) is 4. The summed E-state index contributed by atoms with van der Waals surface area (Å²) in [5, 5.41) is 11.1. The molecule has 0 bridgehead atoms. The predicted octanol–water partition coefficient (Wildman–Crippen LogP) is 5.84. The summed E-state index contributed by atoms with van der Waals surface area (Å²) >= 11 is 6.20. The van der Waals surface area contributed by atoms with Crippen LogP contribution in [0.4, 0.5) is 27.6 Å². The zero-order valence-electron chi connectivity index (χ0n) is 19.0. The van der Waals surface area contributed by atoms with Crippen LogP contribution < -0.4 is 10.6 Å². The average molecular weight is 528 g/mol. The summed E-state index contributed by atoms with van der Waals surface area (Å²) in [6.45, 7) is -1.27. The van der Waals surface area contributed by atoms with Crippen molar-refractivity contribution in [1.82, 2.24) is 20.1 Å². The molecule has 5 rings (SSSR count). The Labute approximate surface area is 208 Å². The van der Waals surface area contributed by atoms with Crippen molar-refractivity contribution in [3.8, 4) is 0 Å². The van der Waals surface area contributed by atoms with Gasteiger partial charge in [-0.15, -0.1) is 0 Å². The highest BCUT2D eigenvalue weighted by molar-refractivity contribution is 6.31. The molecule has 192 valence electrons. The number of alkyl halides is 5. The van der Waals surface area contributed by atoms with Gasteiger partial charge in [0, 0.05) is 46.4 Å². The number of rotatable bonds is 5. The molecule has 1 fully saturated rings. The fourth-order valence-electron chi connectivity index (χ4n) is 5.06. The molecule has 36 heavy (non-hydrogen) atoms. The first kappa shape index (κ1) is 24.7. The molecule has 2 heterocycles. The van der Waals surface area contributed by atoms with Crippen LogP contribution in [0, 0.1) is 0 Å². The van der Waals surface area contributed by atoms with Gasteiger partial charge in [-0.25, -0.2) is 4.98 Å². The maximum absolute atomic E-state index is 14.5. The number of benzene rings is 1. The second-order valence-electron chi connectivity index (χ2n) is 9.40. The molecule has 0 aliphatic heterocycles. The van der Waals surface area contributed by atoms with Gasteiger partial charge in [-0.1, -0.05) is 11.6 Å². The first-order chi connectivity index (χ1) is 17.0. The molecule has 0 spiro atoms. The van der Waals surface area contributed by atoms with Gasteiger partial charge < -0.3 is 10.6 Å². The number of hydrogen-bond donors (Lipinski definition) is 2. The number of amides is 1. The maximum atomic E-state index is 14.5. The van der Waals surface area contributed by atoms with Gasteiger partial charge in [-0.05, 0) is 50.3 Å². The van der Waals surface area contributed by atoms with E-state index in [-0.39, 0.29) is 36.2 Å². The molecular formula is C24H23ClF5N5O. The lowest BCUT2D eigenvalue weighted by atomic mass is 9.90. The predicted molar refractivity (Wildman–Crippen MR) is 124 cm³/mol. The number of anilines is 1. The van der Waals surface area contributed by atoms with Crippen molar-refractivity contribution < 1.29 is 26.7 Å². The van der Waals surface area contributed by atoms with E-state index in [0.29, 0.717) is 44.7 Å². The van der Waals surface area contributed by atoms with Gasteiger partial charge >= 0.3 is 6.18 Å². The molecule has 3 aromatic rings. The van der Waals surface area contributed by atoms with E-state index in [1.54, 1.807) is 18.2 Å². The van der Waals surface area contributed by atoms with Gasteiger partial charge in [-0.2, -0.15) is 27.1 Å². The molecule has 1 amide bonds. The van der Waals surface area contributed by atoms with Crippen LogP contribution in [-0.2, 0) is 18.9 Å². The Bertz CT molecular complexity index is 1310. The molecule has 0 unspecified atom stereocenters. The third-order valence-corrected chi connectivity index (χ3v) is 6.91. The third-order valence-electron chi connectivity index (χ3n) is 6.68. The highest BCUT2D eigenvalue weighted by Crippen LogP contribution is 2.46. The van der Waals surface area contributed by atoms with Crippen molar-refractivity contribution in [2.75, 3.05) is 5.32 Å². The van der Waals surface area contributed by atoms with Gasteiger partial charge in [0.25, 0.3) is 11.8 Å². The molecule has 2 atom stereocenters. The highest BCUT2D eigenvalue weighted by atomic mass is 35.5. The molecule has 0 saturated heterocycles. The van der Waals surface area contributed by atoms with Crippen LogP contribution in [0.1, 0.15) is 53.7 Å². The summed E-state index contributed by atoms with van der Waals surface area (Å²) in [7, 11) is 0. The quantitative estimate of drug-likeness (QED) is 0.409. The number of pyridine rings is 1. The Morgan fingerprint density at radius 3 is 2.78 bits per heavy atom. The van der Waals surface area contributed by atoms with E-state index in [9.17, 15) is 26.7 Å². The summed E-state index contributed by atoms with van der Waals surface area (Å²) in [4.78, 5) is 16.9. The number of halogens is 6. The van der Waals surface area contributed by atoms with E-state index in [4.69, 9.17) is 11.6 Å². The smallest absolute Gasteiger partial charge is 0.381 e. The molecule has 2 N–H and O–H groups in total.